The van der Waals surface area contributed by atoms with Crippen molar-refractivity contribution in [2.45, 2.75) is 59.1 Å². The Kier molecular flexibility index (Phi) is 7.18. The monoisotopic (exact) mass is 394 g/mol. The summed E-state index contributed by atoms with van der Waals surface area (Å²) in [6.45, 7) is 10.6. The summed E-state index contributed by atoms with van der Waals surface area (Å²) < 4.78 is 5.93. The molecule has 1 N–H and O–H groups in total. The van der Waals surface area contributed by atoms with E-state index < -0.39 is 6.10 Å². The number of anilines is 1. The van der Waals surface area contributed by atoms with Crippen molar-refractivity contribution in [3.05, 3.63) is 59.7 Å². The normalized spacial score (nSPS) is 16.9. The van der Waals surface area contributed by atoms with Crippen molar-refractivity contribution in [3.8, 4) is 5.75 Å². The van der Waals surface area contributed by atoms with Gasteiger partial charge in [0.15, 0.2) is 6.10 Å². The van der Waals surface area contributed by atoms with E-state index in [0.717, 1.165) is 35.9 Å². The van der Waals surface area contributed by atoms with Crippen LogP contribution >= 0.6 is 0 Å². The zero-order chi connectivity index (χ0) is 20.8. The van der Waals surface area contributed by atoms with Gasteiger partial charge in [0.2, 0.25) is 0 Å². The van der Waals surface area contributed by atoms with Crippen LogP contribution in [0.15, 0.2) is 48.5 Å². The number of hydrogen-bond donors (Lipinski definition) is 1. The van der Waals surface area contributed by atoms with Crippen molar-refractivity contribution in [2.75, 3.05) is 18.0 Å². The van der Waals surface area contributed by atoms with Crippen molar-refractivity contribution in [2.24, 2.45) is 5.92 Å². The molecule has 1 aliphatic heterocycles. The molecule has 2 unspecified atom stereocenters. The van der Waals surface area contributed by atoms with Crippen LogP contribution in [0.3, 0.4) is 0 Å². The minimum absolute atomic E-state index is 0.0620. The van der Waals surface area contributed by atoms with Crippen molar-refractivity contribution >= 4 is 11.6 Å². The molecule has 1 fully saturated rings. The average molecular weight is 395 g/mol. The van der Waals surface area contributed by atoms with Crippen molar-refractivity contribution < 1.29 is 9.53 Å². The predicted molar refractivity (Wildman–Crippen MR) is 119 cm³/mol. The highest BCUT2D eigenvalue weighted by molar-refractivity contribution is 5.81. The number of piperidine rings is 1. The molecule has 1 heterocycles. The first-order valence-corrected chi connectivity index (χ1v) is 10.8. The first-order chi connectivity index (χ1) is 14.0. The molecule has 0 aliphatic carbocycles. The van der Waals surface area contributed by atoms with Gasteiger partial charge in [-0.3, -0.25) is 4.79 Å². The Bertz CT molecular complexity index is 795. The van der Waals surface area contributed by atoms with E-state index in [-0.39, 0.29) is 11.9 Å². The molecule has 29 heavy (non-hydrogen) atoms. The van der Waals surface area contributed by atoms with Gasteiger partial charge in [0.1, 0.15) is 5.75 Å². The molecule has 4 heteroatoms. The molecule has 0 aromatic heterocycles. The molecule has 156 valence electrons. The Morgan fingerprint density at radius 2 is 1.86 bits per heavy atom. The third-order valence-electron chi connectivity index (χ3n) is 5.83. The minimum atomic E-state index is -0.492. The van der Waals surface area contributed by atoms with Crippen LogP contribution in [0.1, 0.15) is 57.2 Å². The van der Waals surface area contributed by atoms with Gasteiger partial charge in [-0.05, 0) is 74.4 Å². The maximum atomic E-state index is 12.7. The standard InChI is InChI=1S/C25H34N2O2/c1-5-24(29-23-8-6-7-19(3)17-23)25(28)26-20(4)21-9-11-22(12-10-21)27-15-13-18(2)14-16-27/h6-12,17-18,20,24H,5,13-16H2,1-4H3,(H,26,28). The van der Waals surface area contributed by atoms with E-state index >= 15 is 0 Å². The summed E-state index contributed by atoms with van der Waals surface area (Å²) in [7, 11) is 0. The molecular formula is C25H34N2O2. The van der Waals surface area contributed by atoms with E-state index in [1.165, 1.54) is 18.5 Å². The Morgan fingerprint density at radius 3 is 2.48 bits per heavy atom. The number of aryl methyl sites for hydroxylation is 1. The first-order valence-electron chi connectivity index (χ1n) is 10.8. The molecule has 1 amide bonds. The van der Waals surface area contributed by atoms with E-state index in [1.807, 2.05) is 45.0 Å². The molecule has 3 rings (SSSR count). The maximum absolute atomic E-state index is 12.7. The van der Waals surface area contributed by atoms with Gasteiger partial charge in [0, 0.05) is 18.8 Å². The van der Waals surface area contributed by atoms with Gasteiger partial charge in [-0.2, -0.15) is 0 Å². The number of carbonyl (C=O) groups excluding carboxylic acids is 1. The second kappa shape index (κ2) is 9.82. The third-order valence-corrected chi connectivity index (χ3v) is 5.83. The topological polar surface area (TPSA) is 41.6 Å². The molecule has 1 saturated heterocycles. The first kappa shape index (κ1) is 21.2. The smallest absolute Gasteiger partial charge is 0.261 e. The second-order valence-corrected chi connectivity index (χ2v) is 8.32. The second-order valence-electron chi connectivity index (χ2n) is 8.32. The number of amides is 1. The fourth-order valence-corrected chi connectivity index (χ4v) is 3.81. The summed E-state index contributed by atoms with van der Waals surface area (Å²) in [5, 5.41) is 3.11. The number of benzene rings is 2. The Hall–Kier alpha value is -2.49. The van der Waals surface area contributed by atoms with Crippen LogP contribution in [0.25, 0.3) is 0 Å². The number of hydrogen-bond acceptors (Lipinski definition) is 3. The van der Waals surface area contributed by atoms with Crippen LogP contribution in [0, 0.1) is 12.8 Å². The summed E-state index contributed by atoms with van der Waals surface area (Å²) in [6, 6.07) is 16.4. The molecule has 2 aromatic rings. The highest BCUT2D eigenvalue weighted by atomic mass is 16.5. The van der Waals surface area contributed by atoms with Crippen LogP contribution in [-0.4, -0.2) is 25.1 Å². The van der Waals surface area contributed by atoms with E-state index in [9.17, 15) is 4.79 Å². The van der Waals surface area contributed by atoms with Crippen LogP contribution in [-0.2, 0) is 4.79 Å². The maximum Gasteiger partial charge on any atom is 0.261 e. The van der Waals surface area contributed by atoms with E-state index in [2.05, 4.69) is 41.4 Å². The molecule has 0 saturated carbocycles. The number of carbonyl (C=O) groups is 1. The third kappa shape index (κ3) is 5.75. The number of nitrogens with one attached hydrogen (secondary N) is 1. The van der Waals surface area contributed by atoms with E-state index in [0.29, 0.717) is 6.42 Å². The molecule has 2 aromatic carbocycles. The SMILES string of the molecule is CCC(Oc1cccc(C)c1)C(=O)NC(C)c1ccc(N2CCC(C)CC2)cc1. The van der Waals surface area contributed by atoms with Gasteiger partial charge in [0.25, 0.3) is 5.91 Å². The molecule has 4 nitrogen and oxygen atoms in total. The van der Waals surface area contributed by atoms with Crippen molar-refractivity contribution in [3.63, 3.8) is 0 Å². The van der Waals surface area contributed by atoms with E-state index in [4.69, 9.17) is 4.74 Å². The van der Waals surface area contributed by atoms with Gasteiger partial charge in [-0.1, -0.05) is 38.1 Å². The summed E-state index contributed by atoms with van der Waals surface area (Å²) >= 11 is 0. The quantitative estimate of drug-likeness (QED) is 0.696. The van der Waals surface area contributed by atoms with Crippen LogP contribution in [0.5, 0.6) is 5.75 Å². The lowest BCUT2D eigenvalue weighted by atomic mass is 9.98. The molecule has 2 atom stereocenters. The Labute approximate surface area is 175 Å². The summed E-state index contributed by atoms with van der Waals surface area (Å²) in [6.07, 6.45) is 2.65. The highest BCUT2D eigenvalue weighted by Gasteiger charge is 2.21. The zero-order valence-electron chi connectivity index (χ0n) is 18.2. The van der Waals surface area contributed by atoms with Crippen molar-refractivity contribution in [1.82, 2.24) is 5.32 Å². The van der Waals surface area contributed by atoms with Gasteiger partial charge >= 0.3 is 0 Å². The van der Waals surface area contributed by atoms with Crippen molar-refractivity contribution in [1.29, 1.82) is 0 Å². The predicted octanol–water partition coefficient (Wildman–Crippen LogP) is 5.27. The summed E-state index contributed by atoms with van der Waals surface area (Å²) in [4.78, 5) is 15.2. The lowest BCUT2D eigenvalue weighted by molar-refractivity contribution is -0.128. The van der Waals surface area contributed by atoms with Gasteiger partial charge in [-0.25, -0.2) is 0 Å². The lowest BCUT2D eigenvalue weighted by Crippen LogP contribution is -2.39. The highest BCUT2D eigenvalue weighted by Crippen LogP contribution is 2.25. The molecule has 0 bridgehead atoms. The zero-order valence-corrected chi connectivity index (χ0v) is 18.2. The van der Waals surface area contributed by atoms with Crippen LogP contribution in [0.2, 0.25) is 0 Å². The molecule has 0 radical (unpaired) electrons. The summed E-state index contributed by atoms with van der Waals surface area (Å²) in [5.74, 6) is 1.49. The largest absolute Gasteiger partial charge is 0.481 e. The molecule has 1 aliphatic rings. The average Bonchev–Trinajstić information content (AvgIpc) is 2.72. The Balaban J connectivity index is 1.58. The van der Waals surface area contributed by atoms with E-state index in [1.54, 1.807) is 0 Å². The Morgan fingerprint density at radius 1 is 1.17 bits per heavy atom. The fourth-order valence-electron chi connectivity index (χ4n) is 3.81. The van der Waals surface area contributed by atoms with Gasteiger partial charge < -0.3 is 15.0 Å². The molecule has 0 spiro atoms. The number of ether oxygens (including phenoxy) is 1. The van der Waals surface area contributed by atoms with Gasteiger partial charge in [0.05, 0.1) is 6.04 Å². The van der Waals surface area contributed by atoms with Gasteiger partial charge in [-0.15, -0.1) is 0 Å². The number of nitrogens with zero attached hydrogens (tertiary/aromatic N) is 1. The van der Waals surface area contributed by atoms with Crippen LogP contribution < -0.4 is 15.0 Å². The fraction of sp³-hybridized carbons (Fsp3) is 0.480. The van der Waals surface area contributed by atoms with Crippen LogP contribution in [0.4, 0.5) is 5.69 Å². The summed E-state index contributed by atoms with van der Waals surface area (Å²) in [5.41, 5.74) is 3.50. The minimum Gasteiger partial charge on any atom is -0.481 e. The number of rotatable bonds is 7. The molecular weight excluding hydrogens is 360 g/mol. The lowest BCUT2D eigenvalue weighted by Gasteiger charge is -2.32.